The van der Waals surface area contributed by atoms with Gasteiger partial charge in [-0.25, -0.2) is 18.7 Å². The molecule has 1 fully saturated rings. The van der Waals surface area contributed by atoms with Crippen molar-refractivity contribution in [3.63, 3.8) is 0 Å². The molecule has 0 atom stereocenters. The number of alkyl halides is 2. The van der Waals surface area contributed by atoms with Crippen molar-refractivity contribution in [2.24, 2.45) is 7.05 Å². The lowest BCUT2D eigenvalue weighted by molar-refractivity contribution is -0.0361. The van der Waals surface area contributed by atoms with Gasteiger partial charge in [0.1, 0.15) is 5.52 Å². The largest absolute Gasteiger partial charge is 0.351 e. The molecule has 1 aromatic carbocycles. The van der Waals surface area contributed by atoms with Crippen LogP contribution in [-0.4, -0.2) is 31.5 Å². The van der Waals surface area contributed by atoms with Crippen molar-refractivity contribution in [2.75, 3.05) is 10.6 Å². The van der Waals surface area contributed by atoms with Crippen LogP contribution < -0.4 is 10.6 Å². The van der Waals surface area contributed by atoms with Gasteiger partial charge in [-0.15, -0.1) is 0 Å². The number of halogens is 4. The quantitative estimate of drug-likeness (QED) is 0.584. The van der Waals surface area contributed by atoms with Crippen LogP contribution in [-0.2, 0) is 7.05 Å². The van der Waals surface area contributed by atoms with Crippen molar-refractivity contribution >= 4 is 51.9 Å². The highest BCUT2D eigenvalue weighted by molar-refractivity contribution is 6.39. The summed E-state index contributed by atoms with van der Waals surface area (Å²) in [6.07, 6.45) is 2.13. The molecule has 0 aliphatic heterocycles. The molecular weight excluding hydrogens is 409 g/mol. The third-order valence-corrected chi connectivity index (χ3v) is 5.49. The van der Waals surface area contributed by atoms with Gasteiger partial charge < -0.3 is 10.6 Å². The summed E-state index contributed by atoms with van der Waals surface area (Å²) in [4.78, 5) is 13.2. The fraction of sp³-hybridized carbons (Fsp3) is 0.389. The first-order valence-electron chi connectivity index (χ1n) is 8.87. The number of nitrogens with zero attached hydrogens (tertiary/aromatic N) is 4. The zero-order chi connectivity index (χ0) is 19.9. The van der Waals surface area contributed by atoms with Crippen molar-refractivity contribution in [1.82, 2.24) is 19.5 Å². The number of fused-ring (bicyclic) bond motifs is 1. The normalized spacial score (nSPS) is 17.0. The van der Waals surface area contributed by atoms with Gasteiger partial charge in [-0.3, -0.25) is 4.57 Å². The molecule has 3 aromatic rings. The number of aryl methyl sites for hydroxylation is 1. The summed E-state index contributed by atoms with van der Waals surface area (Å²) in [7, 11) is 1.81. The average molecular weight is 427 g/mol. The van der Waals surface area contributed by atoms with Crippen LogP contribution in [0.4, 0.5) is 26.4 Å². The predicted octanol–water partition coefficient (Wildman–Crippen LogP) is 5.40. The lowest BCUT2D eigenvalue weighted by atomic mass is 9.92. The van der Waals surface area contributed by atoms with Gasteiger partial charge in [0.25, 0.3) is 0 Å². The van der Waals surface area contributed by atoms with Gasteiger partial charge in [-0.05, 0) is 25.0 Å². The minimum absolute atomic E-state index is 0.0650. The molecule has 2 heterocycles. The number of imidazole rings is 1. The van der Waals surface area contributed by atoms with Gasteiger partial charge in [0, 0.05) is 25.9 Å². The standard InChI is InChI=1S/C18H18Cl2F2N6/c1-28-15-13(25-17(28)26-14-11(19)3-2-4-12(14)20)9-23-16(27-15)24-10-5-7-18(21,22)8-6-10/h2-4,9-10H,5-8H2,1H3,(H,25,26)(H,23,24,27). The molecule has 4 rings (SSSR count). The second-order valence-electron chi connectivity index (χ2n) is 6.89. The van der Waals surface area contributed by atoms with Crippen LogP contribution in [0.1, 0.15) is 25.7 Å². The van der Waals surface area contributed by atoms with E-state index in [1.54, 1.807) is 36.0 Å². The van der Waals surface area contributed by atoms with Gasteiger partial charge in [0.15, 0.2) is 5.65 Å². The SMILES string of the molecule is Cn1c(Nc2c(Cl)cccc2Cl)nc2cnc(NC3CCC(F)(F)CC3)nc21. The van der Waals surface area contributed by atoms with Crippen molar-refractivity contribution in [3.05, 3.63) is 34.4 Å². The molecule has 0 unspecified atom stereocenters. The lowest BCUT2D eigenvalue weighted by Gasteiger charge is -2.28. The number of hydrogen-bond acceptors (Lipinski definition) is 5. The van der Waals surface area contributed by atoms with E-state index in [0.29, 0.717) is 51.6 Å². The number of hydrogen-bond donors (Lipinski definition) is 2. The van der Waals surface area contributed by atoms with E-state index >= 15 is 0 Å². The summed E-state index contributed by atoms with van der Waals surface area (Å²) in [5.74, 6) is -1.66. The van der Waals surface area contributed by atoms with E-state index < -0.39 is 5.92 Å². The summed E-state index contributed by atoms with van der Waals surface area (Å²) < 4.78 is 28.4. The molecule has 1 aliphatic carbocycles. The Kier molecular flexibility index (Phi) is 5.01. The fourth-order valence-corrected chi connectivity index (χ4v) is 3.75. The second-order valence-corrected chi connectivity index (χ2v) is 7.71. The van der Waals surface area contributed by atoms with E-state index in [9.17, 15) is 8.78 Å². The number of anilines is 3. The van der Waals surface area contributed by atoms with Gasteiger partial charge in [-0.1, -0.05) is 29.3 Å². The Morgan fingerprint density at radius 1 is 1.14 bits per heavy atom. The second kappa shape index (κ2) is 7.33. The summed E-state index contributed by atoms with van der Waals surface area (Å²) in [5, 5.41) is 7.23. The zero-order valence-electron chi connectivity index (χ0n) is 15.0. The van der Waals surface area contributed by atoms with Crippen molar-refractivity contribution in [1.29, 1.82) is 0 Å². The molecular formula is C18H18Cl2F2N6. The van der Waals surface area contributed by atoms with Crippen LogP contribution in [0.15, 0.2) is 24.4 Å². The van der Waals surface area contributed by atoms with E-state index in [1.807, 2.05) is 0 Å². The highest BCUT2D eigenvalue weighted by Crippen LogP contribution is 2.35. The molecule has 10 heteroatoms. The highest BCUT2D eigenvalue weighted by atomic mass is 35.5. The number of benzene rings is 1. The molecule has 0 amide bonds. The first-order chi connectivity index (χ1) is 13.3. The van der Waals surface area contributed by atoms with Gasteiger partial charge in [0.2, 0.25) is 17.8 Å². The van der Waals surface area contributed by atoms with E-state index in [1.165, 1.54) is 0 Å². The maximum absolute atomic E-state index is 13.3. The summed E-state index contributed by atoms with van der Waals surface area (Å²) in [5.41, 5.74) is 1.75. The topological polar surface area (TPSA) is 67.7 Å². The van der Waals surface area contributed by atoms with Gasteiger partial charge in [-0.2, -0.15) is 4.98 Å². The smallest absolute Gasteiger partial charge is 0.248 e. The molecule has 1 saturated carbocycles. The van der Waals surface area contributed by atoms with Crippen molar-refractivity contribution in [3.8, 4) is 0 Å². The number of para-hydroxylation sites is 1. The molecule has 6 nitrogen and oxygen atoms in total. The fourth-order valence-electron chi connectivity index (χ4n) is 3.26. The molecule has 0 saturated heterocycles. The zero-order valence-corrected chi connectivity index (χ0v) is 16.5. The van der Waals surface area contributed by atoms with E-state index in [4.69, 9.17) is 23.2 Å². The van der Waals surface area contributed by atoms with Crippen LogP contribution in [0.2, 0.25) is 10.0 Å². The van der Waals surface area contributed by atoms with Crippen molar-refractivity contribution < 1.29 is 8.78 Å². The minimum Gasteiger partial charge on any atom is -0.351 e. The Bertz CT molecular complexity index is 992. The molecule has 28 heavy (non-hydrogen) atoms. The van der Waals surface area contributed by atoms with E-state index in [-0.39, 0.29) is 18.9 Å². The predicted molar refractivity (Wildman–Crippen MR) is 107 cm³/mol. The van der Waals surface area contributed by atoms with Crippen LogP contribution >= 0.6 is 23.2 Å². The van der Waals surface area contributed by atoms with Crippen LogP contribution in [0, 0.1) is 0 Å². The highest BCUT2D eigenvalue weighted by Gasteiger charge is 2.35. The minimum atomic E-state index is -2.56. The molecule has 0 radical (unpaired) electrons. The third kappa shape index (κ3) is 3.84. The van der Waals surface area contributed by atoms with E-state index in [0.717, 1.165) is 0 Å². The maximum Gasteiger partial charge on any atom is 0.248 e. The van der Waals surface area contributed by atoms with Gasteiger partial charge in [0.05, 0.1) is 21.9 Å². The van der Waals surface area contributed by atoms with Crippen molar-refractivity contribution in [2.45, 2.75) is 37.6 Å². The Labute approximate surface area is 170 Å². The maximum atomic E-state index is 13.3. The first-order valence-corrected chi connectivity index (χ1v) is 9.63. The third-order valence-electron chi connectivity index (χ3n) is 4.86. The van der Waals surface area contributed by atoms with E-state index in [2.05, 4.69) is 25.6 Å². The summed E-state index contributed by atoms with van der Waals surface area (Å²) >= 11 is 12.4. The molecule has 2 aromatic heterocycles. The molecule has 148 valence electrons. The number of nitrogens with one attached hydrogen (secondary N) is 2. The molecule has 1 aliphatic rings. The van der Waals surface area contributed by atoms with Crippen LogP contribution in [0.5, 0.6) is 0 Å². The Morgan fingerprint density at radius 3 is 2.50 bits per heavy atom. The first kappa shape index (κ1) is 19.1. The number of aromatic nitrogens is 4. The Hall–Kier alpha value is -2.19. The number of rotatable bonds is 4. The van der Waals surface area contributed by atoms with Gasteiger partial charge >= 0.3 is 0 Å². The average Bonchev–Trinajstić information content (AvgIpc) is 2.96. The molecule has 0 bridgehead atoms. The molecule has 2 N–H and O–H groups in total. The van der Waals surface area contributed by atoms with Crippen LogP contribution in [0.25, 0.3) is 11.2 Å². The monoisotopic (exact) mass is 426 g/mol. The molecule has 0 spiro atoms. The Morgan fingerprint density at radius 2 is 1.82 bits per heavy atom. The Balaban J connectivity index is 1.56. The summed E-state index contributed by atoms with van der Waals surface area (Å²) in [6, 6.07) is 5.15. The van der Waals surface area contributed by atoms with Crippen LogP contribution in [0.3, 0.4) is 0 Å². The summed E-state index contributed by atoms with van der Waals surface area (Å²) in [6.45, 7) is 0. The lowest BCUT2D eigenvalue weighted by Crippen LogP contribution is -2.32.